The van der Waals surface area contributed by atoms with Crippen molar-refractivity contribution in [1.82, 2.24) is 4.90 Å². The van der Waals surface area contributed by atoms with E-state index in [2.05, 4.69) is 36.9 Å². The van der Waals surface area contributed by atoms with Crippen LogP contribution in [0.5, 0.6) is 0 Å². The number of ether oxygens (including phenoxy) is 1. The Hall–Kier alpha value is -0.760. The summed E-state index contributed by atoms with van der Waals surface area (Å²) >= 11 is 0. The van der Waals surface area contributed by atoms with Gasteiger partial charge < -0.3 is 9.64 Å². The normalized spacial score (nSPS) is 23.9. The molecule has 2 heteroatoms. The molecule has 0 spiro atoms. The number of nitrogens with zero attached hydrogens (tertiary/aromatic N) is 1. The molecule has 0 bridgehead atoms. The Morgan fingerprint density at radius 2 is 1.00 bits per heavy atom. The van der Waals surface area contributed by atoms with E-state index in [1.165, 1.54) is 141 Å². The molecule has 0 aromatic rings. The number of hydrogen-bond acceptors (Lipinski definition) is 2. The maximum Gasteiger partial charge on any atom is 0.0748 e. The van der Waals surface area contributed by atoms with Crippen molar-refractivity contribution in [3.63, 3.8) is 0 Å². The molecule has 0 N–H and O–H groups in total. The summed E-state index contributed by atoms with van der Waals surface area (Å²) in [5.41, 5.74) is 0. The monoisotopic (exact) mass is 445 g/mol. The van der Waals surface area contributed by atoms with Crippen molar-refractivity contribution in [3.8, 4) is 0 Å². The van der Waals surface area contributed by atoms with E-state index < -0.39 is 0 Å². The zero-order valence-electron chi connectivity index (χ0n) is 21.6. The van der Waals surface area contributed by atoms with Crippen LogP contribution in [0, 0.1) is 0 Å². The molecule has 2 saturated carbocycles. The van der Waals surface area contributed by atoms with Gasteiger partial charge in [-0.2, -0.15) is 0 Å². The summed E-state index contributed by atoms with van der Waals surface area (Å²) < 4.78 is 6.54. The molecule has 0 aromatic heterocycles. The third kappa shape index (κ3) is 13.1. The molecule has 1 atom stereocenters. The van der Waals surface area contributed by atoms with Crippen molar-refractivity contribution in [1.29, 1.82) is 0 Å². The minimum atomic E-state index is 0.182. The van der Waals surface area contributed by atoms with Crippen LogP contribution in [0.4, 0.5) is 0 Å². The van der Waals surface area contributed by atoms with Gasteiger partial charge in [0, 0.05) is 12.2 Å². The maximum atomic E-state index is 6.54. The van der Waals surface area contributed by atoms with Crippen LogP contribution >= 0.6 is 0 Å². The van der Waals surface area contributed by atoms with E-state index >= 15 is 0 Å². The molecule has 0 aromatic carbocycles. The second kappa shape index (κ2) is 18.6. The summed E-state index contributed by atoms with van der Waals surface area (Å²) in [5, 5.41) is 0. The highest BCUT2D eigenvalue weighted by Crippen LogP contribution is 2.23. The molecule has 2 aliphatic carbocycles. The first kappa shape index (κ1) is 27.5. The predicted octanol–water partition coefficient (Wildman–Crippen LogP) is 9.70. The fraction of sp³-hybridized carbons (Fsp3) is 0.867. The lowest BCUT2D eigenvalue weighted by Crippen LogP contribution is -2.27. The molecule has 1 unspecified atom stereocenters. The van der Waals surface area contributed by atoms with Crippen LogP contribution in [0.1, 0.15) is 148 Å². The average Bonchev–Trinajstić information content (AvgIpc) is 2.77. The largest absolute Gasteiger partial charge is 0.371 e. The fourth-order valence-electron chi connectivity index (χ4n) is 5.60. The fourth-order valence-corrected chi connectivity index (χ4v) is 5.60. The van der Waals surface area contributed by atoms with Crippen LogP contribution in [-0.4, -0.2) is 23.1 Å². The van der Waals surface area contributed by atoms with Crippen LogP contribution in [0.2, 0.25) is 0 Å². The Bertz CT molecular complexity index is 449. The lowest BCUT2D eigenvalue weighted by molar-refractivity contribution is 0.00905. The molecule has 0 heterocycles. The zero-order chi connectivity index (χ0) is 22.7. The molecule has 2 aliphatic rings. The van der Waals surface area contributed by atoms with Crippen LogP contribution in [-0.2, 0) is 4.74 Å². The van der Waals surface area contributed by atoms with E-state index in [9.17, 15) is 0 Å². The molecule has 186 valence electrons. The van der Waals surface area contributed by atoms with Gasteiger partial charge in [-0.25, -0.2) is 0 Å². The molecule has 0 radical (unpaired) electrons. The number of rotatable bonds is 6. The van der Waals surface area contributed by atoms with Gasteiger partial charge in [0.15, 0.2) is 0 Å². The van der Waals surface area contributed by atoms with Crippen molar-refractivity contribution >= 4 is 0 Å². The zero-order valence-corrected chi connectivity index (χ0v) is 21.6. The maximum absolute atomic E-state index is 6.54. The van der Waals surface area contributed by atoms with Crippen molar-refractivity contribution in [2.24, 2.45) is 0 Å². The lowest BCUT2D eigenvalue weighted by atomic mass is 9.97. The van der Waals surface area contributed by atoms with Gasteiger partial charge in [-0.1, -0.05) is 122 Å². The van der Waals surface area contributed by atoms with Crippen LogP contribution in [0.15, 0.2) is 25.1 Å². The van der Waals surface area contributed by atoms with Crippen LogP contribution in [0.3, 0.4) is 0 Å². The van der Waals surface area contributed by atoms with E-state index in [4.69, 9.17) is 4.74 Å². The second-order valence-corrected chi connectivity index (χ2v) is 10.6. The van der Waals surface area contributed by atoms with E-state index in [0.717, 1.165) is 0 Å². The molecule has 2 nitrogen and oxygen atoms in total. The van der Waals surface area contributed by atoms with Crippen molar-refractivity contribution in [2.75, 3.05) is 0 Å². The highest BCUT2D eigenvalue weighted by Gasteiger charge is 2.15. The van der Waals surface area contributed by atoms with E-state index in [1.807, 2.05) is 0 Å². The molecule has 0 aliphatic heterocycles. The first-order valence-corrected chi connectivity index (χ1v) is 14.5. The highest BCUT2D eigenvalue weighted by molar-refractivity contribution is 4.95. The van der Waals surface area contributed by atoms with Gasteiger partial charge >= 0.3 is 0 Å². The SMILES string of the molecule is C=CN(/C=C\C(C)OC1CCCCCCCCCCC1)C1CCCCCCCCCCC1. The minimum absolute atomic E-state index is 0.182. The third-order valence-corrected chi connectivity index (χ3v) is 7.70. The first-order chi connectivity index (χ1) is 15.8. The van der Waals surface area contributed by atoms with Gasteiger partial charge in [0.1, 0.15) is 0 Å². The molecule has 32 heavy (non-hydrogen) atoms. The minimum Gasteiger partial charge on any atom is -0.371 e. The summed E-state index contributed by atoms with van der Waals surface area (Å²) in [4.78, 5) is 2.40. The molecule has 2 fully saturated rings. The van der Waals surface area contributed by atoms with Crippen molar-refractivity contribution in [3.05, 3.63) is 25.1 Å². The summed E-state index contributed by atoms with van der Waals surface area (Å²) in [7, 11) is 0. The van der Waals surface area contributed by atoms with Gasteiger partial charge in [-0.05, 0) is 44.9 Å². The first-order valence-electron chi connectivity index (χ1n) is 14.5. The summed E-state index contributed by atoms with van der Waals surface area (Å²) in [6.45, 7) is 6.38. The molecule has 0 amide bonds. The standard InChI is InChI=1S/C30H55NO/c1-3-31(29-22-18-14-10-6-4-7-11-15-19-23-29)27-26-28(2)32-30-24-20-16-12-8-5-9-13-17-21-25-30/h3,26-30H,1,4-25H2,2H3/b27-26-. The smallest absolute Gasteiger partial charge is 0.0748 e. The highest BCUT2D eigenvalue weighted by atomic mass is 16.5. The van der Waals surface area contributed by atoms with Gasteiger partial charge in [-0.15, -0.1) is 0 Å². The molecule has 2 rings (SSSR count). The Kier molecular flexibility index (Phi) is 16.0. The average molecular weight is 446 g/mol. The van der Waals surface area contributed by atoms with E-state index in [-0.39, 0.29) is 6.10 Å². The van der Waals surface area contributed by atoms with Gasteiger partial charge in [0.05, 0.1) is 12.2 Å². The Balaban J connectivity index is 1.83. The van der Waals surface area contributed by atoms with Crippen LogP contribution < -0.4 is 0 Å². The number of hydrogen-bond donors (Lipinski definition) is 0. The Morgan fingerprint density at radius 3 is 1.41 bits per heavy atom. The Morgan fingerprint density at radius 1 is 0.625 bits per heavy atom. The van der Waals surface area contributed by atoms with Crippen molar-refractivity contribution in [2.45, 2.75) is 166 Å². The van der Waals surface area contributed by atoms with E-state index in [0.29, 0.717) is 12.1 Å². The summed E-state index contributed by atoms with van der Waals surface area (Å²) in [6.07, 6.45) is 37.6. The van der Waals surface area contributed by atoms with E-state index in [1.54, 1.807) is 0 Å². The predicted molar refractivity (Wildman–Crippen MR) is 141 cm³/mol. The topological polar surface area (TPSA) is 12.5 Å². The molecule has 0 saturated heterocycles. The second-order valence-electron chi connectivity index (χ2n) is 10.6. The van der Waals surface area contributed by atoms with Gasteiger partial charge in [0.25, 0.3) is 0 Å². The van der Waals surface area contributed by atoms with Crippen LogP contribution in [0.25, 0.3) is 0 Å². The molecular weight excluding hydrogens is 390 g/mol. The third-order valence-electron chi connectivity index (χ3n) is 7.70. The summed E-state index contributed by atoms with van der Waals surface area (Å²) in [5.74, 6) is 0. The van der Waals surface area contributed by atoms with Crippen molar-refractivity contribution < 1.29 is 4.74 Å². The lowest BCUT2D eigenvalue weighted by Gasteiger charge is -2.29. The van der Waals surface area contributed by atoms with Gasteiger partial charge in [-0.3, -0.25) is 0 Å². The Labute approximate surface area is 201 Å². The summed E-state index contributed by atoms with van der Waals surface area (Å²) in [6, 6.07) is 0.608. The molecular formula is C30H55NO. The quantitative estimate of drug-likeness (QED) is 0.403. The van der Waals surface area contributed by atoms with Gasteiger partial charge in [0.2, 0.25) is 0 Å².